The first-order valence-electron chi connectivity index (χ1n) is 6.74. The lowest BCUT2D eigenvalue weighted by Gasteiger charge is -2.08. The van der Waals surface area contributed by atoms with E-state index in [2.05, 4.69) is 0 Å². The number of phenols is 2. The number of methoxy groups -OCH3 is 2. The number of aromatic hydroxyl groups is 2. The highest BCUT2D eigenvalue weighted by Gasteiger charge is 2.14. The van der Waals surface area contributed by atoms with Crippen molar-refractivity contribution in [2.24, 2.45) is 0 Å². The van der Waals surface area contributed by atoms with Gasteiger partial charge in [0.2, 0.25) is 5.43 Å². The van der Waals surface area contributed by atoms with Crippen molar-refractivity contribution < 1.29 is 24.1 Å². The standard InChI is InChI=1S/C17H14O6/c1-21-11-4-9(3-10(18)5-11)13-8-23-15-7-14(19)16(22-2)6-12(15)17(13)20/h3-8,18-19H,1-2H3. The third-order valence-electron chi connectivity index (χ3n) is 3.51. The fraction of sp³-hybridized carbons (Fsp3) is 0.118. The van der Waals surface area contributed by atoms with Gasteiger partial charge in [-0.05, 0) is 23.8 Å². The highest BCUT2D eigenvalue weighted by atomic mass is 16.5. The number of hydrogen-bond donors (Lipinski definition) is 2. The molecule has 0 fully saturated rings. The zero-order chi connectivity index (χ0) is 16.6. The van der Waals surface area contributed by atoms with E-state index in [0.717, 1.165) is 0 Å². The number of fused-ring (bicyclic) bond motifs is 1. The third kappa shape index (κ3) is 2.55. The van der Waals surface area contributed by atoms with Gasteiger partial charge >= 0.3 is 0 Å². The van der Waals surface area contributed by atoms with Crippen LogP contribution in [0.1, 0.15) is 0 Å². The van der Waals surface area contributed by atoms with Gasteiger partial charge in [0.1, 0.15) is 23.3 Å². The summed E-state index contributed by atoms with van der Waals surface area (Å²) >= 11 is 0. The quantitative estimate of drug-likeness (QED) is 0.772. The zero-order valence-electron chi connectivity index (χ0n) is 12.5. The molecular weight excluding hydrogens is 300 g/mol. The second-order valence-corrected chi connectivity index (χ2v) is 4.92. The van der Waals surface area contributed by atoms with Crippen LogP contribution in [0.2, 0.25) is 0 Å². The van der Waals surface area contributed by atoms with Crippen LogP contribution in [0, 0.1) is 0 Å². The number of ether oxygens (including phenoxy) is 2. The van der Waals surface area contributed by atoms with Gasteiger partial charge in [0, 0.05) is 12.1 Å². The van der Waals surface area contributed by atoms with Gasteiger partial charge in [0.25, 0.3) is 0 Å². The topological polar surface area (TPSA) is 89.1 Å². The summed E-state index contributed by atoms with van der Waals surface area (Å²) in [4.78, 5) is 12.7. The SMILES string of the molecule is COc1cc(O)cc(-c2coc3cc(O)c(OC)cc3c2=O)c1. The largest absolute Gasteiger partial charge is 0.508 e. The molecular formula is C17H14O6. The molecule has 0 aliphatic rings. The fourth-order valence-electron chi connectivity index (χ4n) is 2.36. The van der Waals surface area contributed by atoms with Crippen LogP contribution < -0.4 is 14.9 Å². The molecule has 3 aromatic rings. The Balaban J connectivity index is 2.27. The van der Waals surface area contributed by atoms with Gasteiger partial charge in [-0.25, -0.2) is 0 Å². The van der Waals surface area contributed by atoms with Gasteiger partial charge in [-0.3, -0.25) is 4.79 Å². The maximum absolute atomic E-state index is 12.7. The maximum Gasteiger partial charge on any atom is 0.200 e. The minimum absolute atomic E-state index is 0.0258. The predicted octanol–water partition coefficient (Wildman–Crippen LogP) is 2.89. The maximum atomic E-state index is 12.7. The minimum atomic E-state index is -0.308. The number of benzene rings is 2. The summed E-state index contributed by atoms with van der Waals surface area (Å²) in [5, 5.41) is 19.8. The normalized spacial score (nSPS) is 10.7. The summed E-state index contributed by atoms with van der Waals surface area (Å²) in [6.07, 6.45) is 1.28. The first-order valence-corrected chi connectivity index (χ1v) is 6.74. The molecule has 0 radical (unpaired) electrons. The molecule has 0 unspecified atom stereocenters. The molecule has 0 saturated carbocycles. The molecule has 0 spiro atoms. The van der Waals surface area contributed by atoms with Crippen LogP contribution >= 0.6 is 0 Å². The third-order valence-corrected chi connectivity index (χ3v) is 3.51. The average molecular weight is 314 g/mol. The first kappa shape index (κ1) is 14.8. The van der Waals surface area contributed by atoms with Crippen LogP contribution in [0.5, 0.6) is 23.0 Å². The van der Waals surface area contributed by atoms with Gasteiger partial charge in [-0.2, -0.15) is 0 Å². The zero-order valence-corrected chi connectivity index (χ0v) is 12.5. The Kier molecular flexibility index (Phi) is 3.57. The lowest BCUT2D eigenvalue weighted by atomic mass is 10.0. The molecule has 118 valence electrons. The molecule has 0 saturated heterocycles. The Morgan fingerprint density at radius 3 is 2.48 bits per heavy atom. The number of hydrogen-bond acceptors (Lipinski definition) is 6. The molecule has 0 aliphatic heterocycles. The Hall–Kier alpha value is -3.15. The molecule has 2 N–H and O–H groups in total. The van der Waals surface area contributed by atoms with E-state index in [9.17, 15) is 15.0 Å². The van der Waals surface area contributed by atoms with E-state index in [1.807, 2.05) is 0 Å². The Morgan fingerprint density at radius 2 is 1.78 bits per heavy atom. The fourth-order valence-corrected chi connectivity index (χ4v) is 2.36. The summed E-state index contributed by atoms with van der Waals surface area (Å²) in [6, 6.07) is 7.24. The highest BCUT2D eigenvalue weighted by Crippen LogP contribution is 2.32. The second-order valence-electron chi connectivity index (χ2n) is 4.92. The van der Waals surface area contributed by atoms with Crippen molar-refractivity contribution in [1.82, 2.24) is 0 Å². The summed E-state index contributed by atoms with van der Waals surface area (Å²) in [5.41, 5.74) is 0.658. The van der Waals surface area contributed by atoms with E-state index < -0.39 is 0 Å². The highest BCUT2D eigenvalue weighted by molar-refractivity contribution is 5.84. The van der Waals surface area contributed by atoms with E-state index in [4.69, 9.17) is 13.9 Å². The molecule has 0 amide bonds. The first-order chi connectivity index (χ1) is 11.0. The molecule has 2 aromatic carbocycles. The number of rotatable bonds is 3. The summed E-state index contributed by atoms with van der Waals surface area (Å²) < 4.78 is 15.5. The molecule has 0 bridgehead atoms. The van der Waals surface area contributed by atoms with E-state index in [-0.39, 0.29) is 39.2 Å². The second kappa shape index (κ2) is 5.57. The summed E-state index contributed by atoms with van der Waals surface area (Å²) in [6.45, 7) is 0. The smallest absolute Gasteiger partial charge is 0.200 e. The van der Waals surface area contributed by atoms with Crippen LogP contribution in [0.25, 0.3) is 22.1 Å². The van der Waals surface area contributed by atoms with Crippen LogP contribution in [0.15, 0.2) is 45.8 Å². The van der Waals surface area contributed by atoms with E-state index in [0.29, 0.717) is 11.3 Å². The van der Waals surface area contributed by atoms with Crippen molar-refractivity contribution in [3.8, 4) is 34.1 Å². The molecule has 23 heavy (non-hydrogen) atoms. The van der Waals surface area contributed by atoms with Crippen LogP contribution in [-0.4, -0.2) is 24.4 Å². The summed E-state index contributed by atoms with van der Waals surface area (Å²) in [7, 11) is 2.86. The summed E-state index contributed by atoms with van der Waals surface area (Å²) in [5.74, 6) is 0.454. The molecule has 6 heteroatoms. The lowest BCUT2D eigenvalue weighted by Crippen LogP contribution is -2.05. The monoisotopic (exact) mass is 314 g/mol. The predicted molar refractivity (Wildman–Crippen MR) is 84.4 cm³/mol. The van der Waals surface area contributed by atoms with Crippen LogP contribution in [0.3, 0.4) is 0 Å². The Morgan fingerprint density at radius 1 is 1.00 bits per heavy atom. The van der Waals surface area contributed by atoms with E-state index in [1.54, 1.807) is 6.07 Å². The van der Waals surface area contributed by atoms with E-state index >= 15 is 0 Å². The molecule has 1 aromatic heterocycles. The Bertz CT molecular complexity index is 942. The van der Waals surface area contributed by atoms with Crippen molar-refractivity contribution in [1.29, 1.82) is 0 Å². The Labute approximate surface area is 131 Å². The van der Waals surface area contributed by atoms with Crippen LogP contribution in [0.4, 0.5) is 0 Å². The van der Waals surface area contributed by atoms with Gasteiger partial charge in [-0.1, -0.05) is 0 Å². The van der Waals surface area contributed by atoms with Gasteiger partial charge in [-0.15, -0.1) is 0 Å². The van der Waals surface area contributed by atoms with Crippen molar-refractivity contribution in [2.75, 3.05) is 14.2 Å². The molecule has 0 aliphatic carbocycles. The lowest BCUT2D eigenvalue weighted by molar-refractivity contribution is 0.373. The van der Waals surface area contributed by atoms with Crippen molar-refractivity contribution in [2.45, 2.75) is 0 Å². The van der Waals surface area contributed by atoms with Crippen molar-refractivity contribution in [3.63, 3.8) is 0 Å². The molecule has 6 nitrogen and oxygen atoms in total. The van der Waals surface area contributed by atoms with Crippen LogP contribution in [-0.2, 0) is 0 Å². The van der Waals surface area contributed by atoms with E-state index in [1.165, 1.54) is 44.7 Å². The molecule has 0 atom stereocenters. The molecule has 1 heterocycles. The van der Waals surface area contributed by atoms with Gasteiger partial charge in [0.15, 0.2) is 11.5 Å². The molecule has 3 rings (SSSR count). The average Bonchev–Trinajstić information content (AvgIpc) is 2.54. The minimum Gasteiger partial charge on any atom is -0.508 e. The van der Waals surface area contributed by atoms with Crippen molar-refractivity contribution in [3.05, 3.63) is 46.8 Å². The van der Waals surface area contributed by atoms with Gasteiger partial charge < -0.3 is 24.1 Å². The van der Waals surface area contributed by atoms with Gasteiger partial charge in [0.05, 0.1) is 25.2 Å². The van der Waals surface area contributed by atoms with Crippen molar-refractivity contribution >= 4 is 11.0 Å². The number of phenolic OH excluding ortho intramolecular Hbond substituents is 2.